The van der Waals surface area contributed by atoms with Crippen molar-refractivity contribution in [1.82, 2.24) is 0 Å². The zero-order valence-corrected chi connectivity index (χ0v) is 10.7. The first-order valence-corrected chi connectivity index (χ1v) is 7.67. The molecule has 0 amide bonds. The highest BCUT2D eigenvalue weighted by atomic mass is 16.5. The minimum atomic E-state index is 0.564. The van der Waals surface area contributed by atoms with Gasteiger partial charge in [0.2, 0.25) is 0 Å². The maximum atomic E-state index is 6.44. The summed E-state index contributed by atoms with van der Waals surface area (Å²) in [5.74, 6) is 3.34. The standard InChI is InChI=1S/C17H20O/c1-2-6-11-10(5-1)9-14-15(11)17-13-8-4-3-7-12(13)16(14)18-17/h1-2,5-6,12-17H,3-4,7-9H2/t12?,13?,14?,15?,16-,17+/m0/s1. The minimum absolute atomic E-state index is 0.564. The molecule has 1 aromatic carbocycles. The largest absolute Gasteiger partial charge is 0.373 e. The number of rotatable bonds is 0. The summed E-state index contributed by atoms with van der Waals surface area (Å²) in [5, 5.41) is 0. The van der Waals surface area contributed by atoms with Crippen LogP contribution in [0.1, 0.15) is 42.7 Å². The fourth-order valence-corrected chi connectivity index (χ4v) is 5.55. The number of ether oxygens (including phenoxy) is 1. The first kappa shape index (κ1) is 10.0. The Labute approximate surface area is 109 Å². The third-order valence-corrected chi connectivity index (χ3v) is 6.14. The number of benzene rings is 1. The molecule has 2 saturated heterocycles. The second-order valence-electron chi connectivity index (χ2n) is 6.77. The molecule has 1 heteroatoms. The maximum absolute atomic E-state index is 6.44. The first-order chi connectivity index (χ1) is 8.93. The average molecular weight is 240 g/mol. The number of hydrogen-bond donors (Lipinski definition) is 0. The third-order valence-electron chi connectivity index (χ3n) is 6.14. The molecule has 0 radical (unpaired) electrons. The molecule has 1 aromatic rings. The Balaban J connectivity index is 1.59. The summed E-state index contributed by atoms with van der Waals surface area (Å²) in [6.45, 7) is 0. The van der Waals surface area contributed by atoms with E-state index >= 15 is 0 Å². The predicted octanol–water partition coefficient (Wildman–Crippen LogP) is 3.53. The Morgan fingerprint density at radius 2 is 1.67 bits per heavy atom. The predicted molar refractivity (Wildman–Crippen MR) is 70.5 cm³/mol. The van der Waals surface area contributed by atoms with E-state index in [4.69, 9.17) is 4.74 Å². The molecule has 0 aromatic heterocycles. The molecule has 3 fully saturated rings. The van der Waals surface area contributed by atoms with Gasteiger partial charge in [0.15, 0.2) is 0 Å². The van der Waals surface area contributed by atoms with Gasteiger partial charge in [0.25, 0.3) is 0 Å². The molecule has 1 saturated carbocycles. The highest BCUT2D eigenvalue weighted by Crippen LogP contribution is 2.61. The van der Waals surface area contributed by atoms with Crippen LogP contribution in [0.25, 0.3) is 0 Å². The first-order valence-electron chi connectivity index (χ1n) is 7.67. The van der Waals surface area contributed by atoms with E-state index in [1.165, 1.54) is 32.1 Å². The van der Waals surface area contributed by atoms with Crippen LogP contribution in [0.2, 0.25) is 0 Å². The van der Waals surface area contributed by atoms with Crippen LogP contribution in [0, 0.1) is 17.8 Å². The van der Waals surface area contributed by atoms with Crippen LogP contribution in [0.5, 0.6) is 0 Å². The van der Waals surface area contributed by atoms with Crippen molar-refractivity contribution in [3.63, 3.8) is 0 Å². The van der Waals surface area contributed by atoms with E-state index in [1.54, 1.807) is 11.1 Å². The molecule has 0 spiro atoms. The Bertz CT molecular complexity index is 494. The lowest BCUT2D eigenvalue weighted by atomic mass is 9.63. The molecule has 2 aliphatic carbocycles. The van der Waals surface area contributed by atoms with E-state index in [9.17, 15) is 0 Å². The fourth-order valence-electron chi connectivity index (χ4n) is 5.55. The quantitative estimate of drug-likeness (QED) is 0.674. The van der Waals surface area contributed by atoms with Gasteiger partial charge in [-0.15, -0.1) is 0 Å². The minimum Gasteiger partial charge on any atom is -0.373 e. The lowest BCUT2D eigenvalue weighted by Gasteiger charge is -2.38. The Morgan fingerprint density at radius 3 is 2.56 bits per heavy atom. The van der Waals surface area contributed by atoms with E-state index in [0.717, 1.165) is 23.7 Å². The van der Waals surface area contributed by atoms with Crippen LogP contribution >= 0.6 is 0 Å². The van der Waals surface area contributed by atoms with Crippen LogP contribution in [-0.2, 0) is 11.2 Å². The van der Waals surface area contributed by atoms with Crippen LogP contribution in [-0.4, -0.2) is 12.2 Å². The fraction of sp³-hybridized carbons (Fsp3) is 0.647. The van der Waals surface area contributed by atoms with E-state index in [-0.39, 0.29) is 0 Å². The van der Waals surface area contributed by atoms with Crippen LogP contribution < -0.4 is 0 Å². The normalized spacial score (nSPS) is 47.8. The van der Waals surface area contributed by atoms with Crippen LogP contribution in [0.3, 0.4) is 0 Å². The van der Waals surface area contributed by atoms with Crippen LogP contribution in [0.4, 0.5) is 0 Å². The summed E-state index contributed by atoms with van der Waals surface area (Å²) in [6.07, 6.45) is 8.19. The van der Waals surface area contributed by atoms with Gasteiger partial charge in [-0.25, -0.2) is 0 Å². The molecule has 0 N–H and O–H groups in total. The number of fused-ring (bicyclic) bond motifs is 10. The molecule has 4 aliphatic rings. The second kappa shape index (κ2) is 3.39. The van der Waals surface area contributed by atoms with E-state index < -0.39 is 0 Å². The molecular formula is C17H20O. The SMILES string of the molecule is c1ccc2c(c1)CC1C2[C@@H]2O[C@H]1C1CCCCC12. The topological polar surface area (TPSA) is 9.23 Å². The van der Waals surface area contributed by atoms with E-state index in [1.807, 2.05) is 0 Å². The molecule has 4 unspecified atom stereocenters. The maximum Gasteiger partial charge on any atom is 0.0683 e. The highest BCUT2D eigenvalue weighted by Gasteiger charge is 2.61. The zero-order valence-electron chi connectivity index (χ0n) is 10.7. The second-order valence-corrected chi connectivity index (χ2v) is 6.77. The van der Waals surface area contributed by atoms with Crippen molar-refractivity contribution in [3.8, 4) is 0 Å². The molecule has 94 valence electrons. The van der Waals surface area contributed by atoms with Gasteiger partial charge < -0.3 is 4.74 Å². The summed E-state index contributed by atoms with van der Waals surface area (Å²) in [6, 6.07) is 9.12. The summed E-state index contributed by atoms with van der Waals surface area (Å²) >= 11 is 0. The summed E-state index contributed by atoms with van der Waals surface area (Å²) in [7, 11) is 0. The highest BCUT2D eigenvalue weighted by molar-refractivity contribution is 5.40. The average Bonchev–Trinajstić information content (AvgIpc) is 3.07. The Kier molecular flexibility index (Phi) is 1.89. The van der Waals surface area contributed by atoms with Crippen molar-refractivity contribution < 1.29 is 4.74 Å². The van der Waals surface area contributed by atoms with Gasteiger partial charge in [-0.2, -0.15) is 0 Å². The van der Waals surface area contributed by atoms with Crippen molar-refractivity contribution >= 4 is 0 Å². The monoisotopic (exact) mass is 240 g/mol. The van der Waals surface area contributed by atoms with Gasteiger partial charge in [-0.1, -0.05) is 37.1 Å². The van der Waals surface area contributed by atoms with Gasteiger partial charge >= 0.3 is 0 Å². The van der Waals surface area contributed by atoms with Gasteiger partial charge in [-0.05, 0) is 48.1 Å². The molecule has 5 rings (SSSR count). The molecular weight excluding hydrogens is 220 g/mol. The smallest absolute Gasteiger partial charge is 0.0683 e. The van der Waals surface area contributed by atoms with Crippen LogP contribution in [0.15, 0.2) is 24.3 Å². The van der Waals surface area contributed by atoms with Gasteiger partial charge in [0.1, 0.15) is 0 Å². The van der Waals surface area contributed by atoms with Crippen molar-refractivity contribution in [2.24, 2.45) is 17.8 Å². The molecule has 18 heavy (non-hydrogen) atoms. The molecule has 6 atom stereocenters. The molecule has 1 nitrogen and oxygen atoms in total. The zero-order chi connectivity index (χ0) is 11.7. The van der Waals surface area contributed by atoms with E-state index in [2.05, 4.69) is 24.3 Å². The van der Waals surface area contributed by atoms with Gasteiger partial charge in [0, 0.05) is 5.92 Å². The Morgan fingerprint density at radius 1 is 0.889 bits per heavy atom. The van der Waals surface area contributed by atoms with Gasteiger partial charge in [0.05, 0.1) is 12.2 Å². The summed E-state index contributed by atoms with van der Waals surface area (Å²) in [4.78, 5) is 0. The molecule has 2 bridgehead atoms. The van der Waals surface area contributed by atoms with E-state index in [0.29, 0.717) is 12.2 Å². The Hall–Kier alpha value is -0.820. The lowest BCUT2D eigenvalue weighted by molar-refractivity contribution is 0.0719. The summed E-state index contributed by atoms with van der Waals surface area (Å²) in [5.41, 5.74) is 3.24. The third kappa shape index (κ3) is 1.08. The summed E-state index contributed by atoms with van der Waals surface area (Å²) < 4.78 is 6.44. The van der Waals surface area contributed by atoms with Gasteiger partial charge in [-0.3, -0.25) is 0 Å². The number of hydrogen-bond acceptors (Lipinski definition) is 1. The lowest BCUT2D eigenvalue weighted by Crippen LogP contribution is -2.38. The van der Waals surface area contributed by atoms with Crippen molar-refractivity contribution in [3.05, 3.63) is 35.4 Å². The van der Waals surface area contributed by atoms with Crippen molar-refractivity contribution in [1.29, 1.82) is 0 Å². The van der Waals surface area contributed by atoms with Crippen molar-refractivity contribution in [2.75, 3.05) is 0 Å². The van der Waals surface area contributed by atoms with Crippen molar-refractivity contribution in [2.45, 2.75) is 50.2 Å². The molecule has 2 heterocycles. The molecule has 2 aliphatic heterocycles.